The van der Waals surface area contributed by atoms with E-state index in [1.165, 1.54) is 16.7 Å². The fraction of sp³-hybridized carbons (Fsp3) is 0.429. The molecule has 0 unspecified atom stereocenters. The highest BCUT2D eigenvalue weighted by atomic mass is 16.2. The summed E-state index contributed by atoms with van der Waals surface area (Å²) in [6.45, 7) is 6.51. The van der Waals surface area contributed by atoms with Crippen LogP contribution in [0.1, 0.15) is 35.1 Å². The molecule has 1 aromatic carbocycles. The van der Waals surface area contributed by atoms with Gasteiger partial charge in [-0.3, -0.25) is 0 Å². The maximum absolute atomic E-state index is 8.64. The summed E-state index contributed by atoms with van der Waals surface area (Å²) >= 11 is 0. The van der Waals surface area contributed by atoms with Crippen molar-refractivity contribution in [2.75, 3.05) is 6.61 Å². The van der Waals surface area contributed by atoms with E-state index in [9.17, 15) is 0 Å². The average Bonchev–Trinajstić information content (AvgIpc) is 2.15. The van der Waals surface area contributed by atoms with Crippen LogP contribution in [0, 0.1) is 32.6 Å². The number of aliphatic hydroxyl groups is 1. The predicted octanol–water partition coefficient (Wildman–Crippen LogP) is 2.74. The van der Waals surface area contributed by atoms with Crippen molar-refractivity contribution < 1.29 is 5.11 Å². The monoisotopic (exact) mass is 202 g/mol. The second-order valence-corrected chi connectivity index (χ2v) is 3.90. The van der Waals surface area contributed by atoms with Crippen molar-refractivity contribution in [2.24, 2.45) is 0 Å². The largest absolute Gasteiger partial charge is 0.396 e. The zero-order chi connectivity index (χ0) is 11.3. The van der Waals surface area contributed by atoms with E-state index in [2.05, 4.69) is 44.7 Å². The number of aryl methyl sites for hydroxylation is 3. The third-order valence-corrected chi connectivity index (χ3v) is 2.35. The van der Waals surface area contributed by atoms with Crippen molar-refractivity contribution in [2.45, 2.75) is 33.6 Å². The molecule has 0 fully saturated rings. The maximum atomic E-state index is 8.64. The number of hydrogen-bond acceptors (Lipinski definition) is 1. The van der Waals surface area contributed by atoms with Crippen molar-refractivity contribution >= 4 is 0 Å². The van der Waals surface area contributed by atoms with Crippen molar-refractivity contribution in [3.8, 4) is 11.8 Å². The lowest BCUT2D eigenvalue weighted by Crippen LogP contribution is -1.89. The molecule has 0 heterocycles. The molecule has 1 nitrogen and oxygen atoms in total. The van der Waals surface area contributed by atoms with E-state index in [4.69, 9.17) is 5.11 Å². The first-order chi connectivity index (χ1) is 7.15. The zero-order valence-corrected chi connectivity index (χ0v) is 9.72. The van der Waals surface area contributed by atoms with E-state index < -0.39 is 0 Å². The highest BCUT2D eigenvalue weighted by Gasteiger charge is 1.99. The minimum absolute atomic E-state index is 0.223. The molecule has 1 N–H and O–H groups in total. The SMILES string of the molecule is Cc1cc(C)c(C#CCCCO)c(C)c1. The quantitative estimate of drug-likeness (QED) is 0.577. The minimum atomic E-state index is 0.223. The highest BCUT2D eigenvalue weighted by Crippen LogP contribution is 2.14. The molecular weight excluding hydrogens is 184 g/mol. The Kier molecular flexibility index (Phi) is 4.39. The first-order valence-electron chi connectivity index (χ1n) is 5.32. The average molecular weight is 202 g/mol. The summed E-state index contributed by atoms with van der Waals surface area (Å²) in [5, 5.41) is 8.64. The first-order valence-corrected chi connectivity index (χ1v) is 5.32. The molecule has 1 aromatic rings. The number of aliphatic hydroxyl groups excluding tert-OH is 1. The lowest BCUT2D eigenvalue weighted by molar-refractivity contribution is 0.290. The van der Waals surface area contributed by atoms with Crippen LogP contribution >= 0.6 is 0 Å². The van der Waals surface area contributed by atoms with Crippen molar-refractivity contribution in [1.29, 1.82) is 0 Å². The molecule has 0 bridgehead atoms. The van der Waals surface area contributed by atoms with Gasteiger partial charge in [0, 0.05) is 18.6 Å². The molecule has 0 aliphatic rings. The van der Waals surface area contributed by atoms with Gasteiger partial charge in [-0.05, 0) is 38.3 Å². The number of unbranched alkanes of at least 4 members (excludes halogenated alkanes) is 1. The molecule has 0 spiro atoms. The van der Waals surface area contributed by atoms with Gasteiger partial charge in [0.25, 0.3) is 0 Å². The summed E-state index contributed by atoms with van der Waals surface area (Å²) < 4.78 is 0. The van der Waals surface area contributed by atoms with Crippen LogP contribution in [0.5, 0.6) is 0 Å². The van der Waals surface area contributed by atoms with Gasteiger partial charge in [0.1, 0.15) is 0 Å². The maximum Gasteiger partial charge on any atom is 0.0440 e. The number of rotatable bonds is 2. The van der Waals surface area contributed by atoms with Gasteiger partial charge in [-0.25, -0.2) is 0 Å². The molecule has 80 valence electrons. The van der Waals surface area contributed by atoms with E-state index in [0.29, 0.717) is 0 Å². The van der Waals surface area contributed by atoms with Crippen molar-refractivity contribution in [1.82, 2.24) is 0 Å². The van der Waals surface area contributed by atoms with Crippen molar-refractivity contribution in [3.63, 3.8) is 0 Å². The molecular formula is C14H18O. The Bertz CT molecular complexity index is 371. The molecule has 0 aliphatic carbocycles. The van der Waals surface area contributed by atoms with Gasteiger partial charge in [0.15, 0.2) is 0 Å². The molecule has 0 aliphatic heterocycles. The van der Waals surface area contributed by atoms with E-state index in [-0.39, 0.29) is 6.61 Å². The molecule has 15 heavy (non-hydrogen) atoms. The fourth-order valence-electron chi connectivity index (χ4n) is 1.70. The van der Waals surface area contributed by atoms with E-state index in [1.54, 1.807) is 0 Å². The number of benzene rings is 1. The van der Waals surface area contributed by atoms with E-state index in [1.807, 2.05) is 0 Å². The second kappa shape index (κ2) is 5.58. The summed E-state index contributed by atoms with van der Waals surface area (Å²) in [5.74, 6) is 6.28. The lowest BCUT2D eigenvalue weighted by atomic mass is 10.0. The van der Waals surface area contributed by atoms with Crippen LogP contribution in [0.2, 0.25) is 0 Å². The van der Waals surface area contributed by atoms with Crippen molar-refractivity contribution in [3.05, 3.63) is 34.4 Å². The Labute approximate surface area is 92.1 Å². The Morgan fingerprint density at radius 2 is 1.73 bits per heavy atom. The van der Waals surface area contributed by atoms with Crippen LogP contribution < -0.4 is 0 Å². The number of hydrogen-bond donors (Lipinski definition) is 1. The smallest absolute Gasteiger partial charge is 0.0440 e. The third-order valence-electron chi connectivity index (χ3n) is 2.35. The van der Waals surface area contributed by atoms with Crippen LogP contribution in [0.3, 0.4) is 0 Å². The Hall–Kier alpha value is -1.26. The van der Waals surface area contributed by atoms with Gasteiger partial charge in [0.2, 0.25) is 0 Å². The van der Waals surface area contributed by atoms with Gasteiger partial charge in [-0.15, -0.1) is 0 Å². The molecule has 1 rings (SSSR count). The first kappa shape index (κ1) is 11.8. The van der Waals surface area contributed by atoms with Gasteiger partial charge >= 0.3 is 0 Å². The molecule has 0 saturated heterocycles. The third kappa shape index (κ3) is 3.42. The van der Waals surface area contributed by atoms with Gasteiger partial charge in [0.05, 0.1) is 0 Å². The standard InChI is InChI=1S/C14H18O/c1-11-9-12(2)14(13(3)10-11)7-5-4-6-8-15/h9-10,15H,4,6,8H2,1-3H3. The minimum Gasteiger partial charge on any atom is -0.396 e. The molecule has 0 amide bonds. The van der Waals surface area contributed by atoms with Gasteiger partial charge in [-0.1, -0.05) is 29.5 Å². The fourth-order valence-corrected chi connectivity index (χ4v) is 1.70. The zero-order valence-electron chi connectivity index (χ0n) is 9.72. The highest BCUT2D eigenvalue weighted by molar-refractivity contribution is 5.48. The Balaban J connectivity index is 2.88. The normalized spacial score (nSPS) is 9.60. The second-order valence-electron chi connectivity index (χ2n) is 3.90. The van der Waals surface area contributed by atoms with Crippen LogP contribution in [0.15, 0.2) is 12.1 Å². The summed E-state index contributed by atoms with van der Waals surface area (Å²) in [6.07, 6.45) is 1.53. The predicted molar refractivity (Wildman–Crippen MR) is 63.9 cm³/mol. The van der Waals surface area contributed by atoms with Crippen LogP contribution in [0.4, 0.5) is 0 Å². The summed E-state index contributed by atoms with van der Waals surface area (Å²) in [5.41, 5.74) is 4.90. The summed E-state index contributed by atoms with van der Waals surface area (Å²) in [4.78, 5) is 0. The topological polar surface area (TPSA) is 20.2 Å². The molecule has 0 saturated carbocycles. The molecule has 0 radical (unpaired) electrons. The van der Waals surface area contributed by atoms with E-state index in [0.717, 1.165) is 18.4 Å². The summed E-state index contributed by atoms with van der Waals surface area (Å²) in [6, 6.07) is 4.31. The van der Waals surface area contributed by atoms with Crippen LogP contribution in [0.25, 0.3) is 0 Å². The Morgan fingerprint density at radius 3 is 2.27 bits per heavy atom. The van der Waals surface area contributed by atoms with Gasteiger partial charge in [-0.2, -0.15) is 0 Å². The lowest BCUT2D eigenvalue weighted by Gasteiger charge is -2.04. The van der Waals surface area contributed by atoms with Crippen LogP contribution in [-0.2, 0) is 0 Å². The Morgan fingerprint density at radius 1 is 1.13 bits per heavy atom. The summed E-state index contributed by atoms with van der Waals surface area (Å²) in [7, 11) is 0. The van der Waals surface area contributed by atoms with Crippen LogP contribution in [-0.4, -0.2) is 11.7 Å². The van der Waals surface area contributed by atoms with E-state index >= 15 is 0 Å². The molecule has 1 heteroatoms. The van der Waals surface area contributed by atoms with Gasteiger partial charge < -0.3 is 5.11 Å². The molecule has 0 atom stereocenters. The molecule has 0 aromatic heterocycles.